The lowest BCUT2D eigenvalue weighted by molar-refractivity contribution is 0.0595. The van der Waals surface area contributed by atoms with E-state index in [2.05, 4.69) is 4.74 Å². The molecule has 0 unspecified atom stereocenters. The third-order valence-corrected chi connectivity index (χ3v) is 2.55. The second-order valence-corrected chi connectivity index (χ2v) is 3.69. The van der Waals surface area contributed by atoms with E-state index < -0.39 is 11.8 Å². The maximum Gasteiger partial charge on any atom is 0.340 e. The molecule has 0 saturated heterocycles. The SMILES string of the molecule is COC(=O)c1ccc(-c2ccc(F)cc2)cc1F. The van der Waals surface area contributed by atoms with Gasteiger partial charge in [0.25, 0.3) is 0 Å². The van der Waals surface area contributed by atoms with Gasteiger partial charge in [-0.25, -0.2) is 13.6 Å². The summed E-state index contributed by atoms with van der Waals surface area (Å²) in [5.41, 5.74) is 1.12. The Balaban J connectivity index is 2.40. The van der Waals surface area contributed by atoms with Crippen LogP contribution in [0.4, 0.5) is 8.78 Å². The Bertz CT molecular complexity index is 577. The van der Waals surface area contributed by atoms with Crippen LogP contribution in [0.25, 0.3) is 11.1 Å². The summed E-state index contributed by atoms with van der Waals surface area (Å²) in [7, 11) is 1.19. The predicted molar refractivity (Wildman–Crippen MR) is 63.1 cm³/mol. The van der Waals surface area contributed by atoms with Crippen LogP contribution in [0.5, 0.6) is 0 Å². The highest BCUT2D eigenvalue weighted by molar-refractivity contribution is 5.90. The fraction of sp³-hybridized carbons (Fsp3) is 0.0714. The van der Waals surface area contributed by atoms with Crippen molar-refractivity contribution >= 4 is 5.97 Å². The van der Waals surface area contributed by atoms with E-state index in [4.69, 9.17) is 0 Å². The highest BCUT2D eigenvalue weighted by atomic mass is 19.1. The van der Waals surface area contributed by atoms with E-state index in [9.17, 15) is 13.6 Å². The van der Waals surface area contributed by atoms with Gasteiger partial charge >= 0.3 is 5.97 Å². The van der Waals surface area contributed by atoms with Crippen molar-refractivity contribution in [2.45, 2.75) is 0 Å². The second-order valence-electron chi connectivity index (χ2n) is 3.69. The smallest absolute Gasteiger partial charge is 0.340 e. The van der Waals surface area contributed by atoms with Crippen molar-refractivity contribution in [2.24, 2.45) is 0 Å². The van der Waals surface area contributed by atoms with E-state index in [-0.39, 0.29) is 11.4 Å². The summed E-state index contributed by atoms with van der Waals surface area (Å²) in [4.78, 5) is 11.2. The number of rotatable bonds is 2. The van der Waals surface area contributed by atoms with Crippen molar-refractivity contribution in [1.82, 2.24) is 0 Å². The Morgan fingerprint density at radius 1 is 1.00 bits per heavy atom. The minimum atomic E-state index is -0.724. The van der Waals surface area contributed by atoms with Crippen LogP contribution in [-0.4, -0.2) is 13.1 Å². The lowest BCUT2D eigenvalue weighted by atomic mass is 10.0. The third kappa shape index (κ3) is 2.37. The predicted octanol–water partition coefficient (Wildman–Crippen LogP) is 3.42. The molecule has 0 spiro atoms. The molecular formula is C14H10F2O2. The van der Waals surface area contributed by atoms with E-state index in [0.717, 1.165) is 0 Å². The summed E-state index contributed by atoms with van der Waals surface area (Å²) < 4.78 is 30.9. The molecule has 0 aromatic heterocycles. The van der Waals surface area contributed by atoms with Gasteiger partial charge in [-0.15, -0.1) is 0 Å². The highest BCUT2D eigenvalue weighted by Crippen LogP contribution is 2.22. The van der Waals surface area contributed by atoms with E-state index >= 15 is 0 Å². The van der Waals surface area contributed by atoms with Gasteiger partial charge in [0, 0.05) is 0 Å². The first-order chi connectivity index (χ1) is 8.61. The van der Waals surface area contributed by atoms with Gasteiger partial charge in [0.15, 0.2) is 0 Å². The molecular weight excluding hydrogens is 238 g/mol. The molecule has 0 saturated carbocycles. The summed E-state index contributed by atoms with van der Waals surface area (Å²) in [6.45, 7) is 0. The normalized spacial score (nSPS) is 10.2. The molecule has 2 nitrogen and oxygen atoms in total. The van der Waals surface area contributed by atoms with Crippen molar-refractivity contribution in [3.63, 3.8) is 0 Å². The van der Waals surface area contributed by atoms with Crippen LogP contribution in [0.2, 0.25) is 0 Å². The third-order valence-electron chi connectivity index (χ3n) is 2.55. The van der Waals surface area contributed by atoms with Gasteiger partial charge in [0.2, 0.25) is 0 Å². The molecule has 2 rings (SSSR count). The van der Waals surface area contributed by atoms with Gasteiger partial charge in [-0.1, -0.05) is 18.2 Å². The lowest BCUT2D eigenvalue weighted by Gasteiger charge is -2.05. The topological polar surface area (TPSA) is 26.3 Å². The zero-order chi connectivity index (χ0) is 13.1. The molecule has 0 aliphatic rings. The highest BCUT2D eigenvalue weighted by Gasteiger charge is 2.12. The number of benzene rings is 2. The minimum absolute atomic E-state index is 0.122. The molecule has 0 N–H and O–H groups in total. The quantitative estimate of drug-likeness (QED) is 0.761. The second kappa shape index (κ2) is 4.96. The monoisotopic (exact) mass is 248 g/mol. The van der Waals surface area contributed by atoms with Crippen molar-refractivity contribution in [3.05, 3.63) is 59.7 Å². The molecule has 4 heteroatoms. The zero-order valence-electron chi connectivity index (χ0n) is 9.61. The molecule has 0 aliphatic heterocycles. The molecule has 2 aromatic carbocycles. The van der Waals surface area contributed by atoms with Gasteiger partial charge in [-0.2, -0.15) is 0 Å². The molecule has 0 aliphatic carbocycles. The van der Waals surface area contributed by atoms with Gasteiger partial charge in [-0.05, 0) is 35.4 Å². The molecule has 0 heterocycles. The Kier molecular flexibility index (Phi) is 3.37. The van der Waals surface area contributed by atoms with Gasteiger partial charge in [0.05, 0.1) is 12.7 Å². The molecule has 0 atom stereocenters. The number of ether oxygens (including phenoxy) is 1. The number of methoxy groups -OCH3 is 1. The summed E-state index contributed by atoms with van der Waals surface area (Å²) in [5, 5.41) is 0. The summed E-state index contributed by atoms with van der Waals surface area (Å²) in [6, 6.07) is 9.83. The molecule has 0 radical (unpaired) electrons. The average Bonchev–Trinajstić information content (AvgIpc) is 2.38. The maximum absolute atomic E-state index is 13.7. The number of esters is 1. The number of hydrogen-bond donors (Lipinski definition) is 0. The Morgan fingerprint density at radius 3 is 2.17 bits per heavy atom. The Morgan fingerprint density at radius 2 is 1.61 bits per heavy atom. The van der Waals surface area contributed by atoms with E-state index in [1.54, 1.807) is 18.2 Å². The van der Waals surface area contributed by atoms with Crippen LogP contribution in [0.3, 0.4) is 0 Å². The number of hydrogen-bond acceptors (Lipinski definition) is 2. The van der Waals surface area contributed by atoms with Gasteiger partial charge in [0.1, 0.15) is 11.6 Å². The molecule has 2 aromatic rings. The lowest BCUT2D eigenvalue weighted by Crippen LogP contribution is -2.04. The minimum Gasteiger partial charge on any atom is -0.465 e. The maximum atomic E-state index is 13.7. The van der Waals surface area contributed by atoms with E-state index in [1.165, 1.54) is 31.4 Å². The number of halogens is 2. The summed E-state index contributed by atoms with van der Waals surface area (Å²) in [5.74, 6) is -1.74. The van der Waals surface area contributed by atoms with Crippen LogP contribution in [0.15, 0.2) is 42.5 Å². The standard InChI is InChI=1S/C14H10F2O2/c1-18-14(17)12-7-4-10(8-13(12)16)9-2-5-11(15)6-3-9/h2-8H,1H3. The van der Waals surface area contributed by atoms with Crippen LogP contribution in [0, 0.1) is 11.6 Å². The fourth-order valence-corrected chi connectivity index (χ4v) is 1.61. The Labute approximate surface area is 103 Å². The van der Waals surface area contributed by atoms with Gasteiger partial charge < -0.3 is 4.74 Å². The zero-order valence-corrected chi connectivity index (χ0v) is 9.61. The van der Waals surface area contributed by atoms with Crippen molar-refractivity contribution < 1.29 is 18.3 Å². The van der Waals surface area contributed by atoms with Crippen LogP contribution < -0.4 is 0 Å². The first-order valence-corrected chi connectivity index (χ1v) is 5.25. The number of carbonyl (C=O) groups is 1. The number of carbonyl (C=O) groups excluding carboxylic acids is 1. The fourth-order valence-electron chi connectivity index (χ4n) is 1.61. The summed E-state index contributed by atoms with van der Waals surface area (Å²) >= 11 is 0. The molecule has 0 fully saturated rings. The van der Waals surface area contributed by atoms with Crippen LogP contribution in [0.1, 0.15) is 10.4 Å². The van der Waals surface area contributed by atoms with E-state index in [0.29, 0.717) is 11.1 Å². The van der Waals surface area contributed by atoms with Crippen molar-refractivity contribution in [2.75, 3.05) is 7.11 Å². The van der Waals surface area contributed by atoms with Gasteiger partial charge in [-0.3, -0.25) is 0 Å². The average molecular weight is 248 g/mol. The van der Waals surface area contributed by atoms with Crippen molar-refractivity contribution in [3.8, 4) is 11.1 Å². The molecule has 92 valence electrons. The first kappa shape index (κ1) is 12.2. The summed E-state index contributed by atoms with van der Waals surface area (Å²) in [6.07, 6.45) is 0. The molecule has 0 bridgehead atoms. The Hall–Kier alpha value is -2.23. The van der Waals surface area contributed by atoms with Crippen molar-refractivity contribution in [1.29, 1.82) is 0 Å². The molecule has 18 heavy (non-hydrogen) atoms. The van der Waals surface area contributed by atoms with Crippen LogP contribution >= 0.6 is 0 Å². The van der Waals surface area contributed by atoms with E-state index in [1.807, 2.05) is 0 Å². The first-order valence-electron chi connectivity index (χ1n) is 5.25. The molecule has 0 amide bonds. The largest absolute Gasteiger partial charge is 0.465 e. The van der Waals surface area contributed by atoms with Crippen LogP contribution in [-0.2, 0) is 4.74 Å².